The molecule has 1 atom stereocenters. The van der Waals surface area contributed by atoms with Crippen LogP contribution in [0.1, 0.15) is 12.5 Å². The number of hydrogen-bond acceptors (Lipinski definition) is 5. The van der Waals surface area contributed by atoms with E-state index in [9.17, 15) is 17.6 Å². The number of nitrogens with zero attached hydrogens (tertiary/aromatic N) is 2. The average Bonchev–Trinajstić information content (AvgIpc) is 2.61. The summed E-state index contributed by atoms with van der Waals surface area (Å²) in [7, 11) is -0.625. The van der Waals surface area contributed by atoms with Crippen LogP contribution in [0.15, 0.2) is 52.5 Å². The van der Waals surface area contributed by atoms with E-state index in [0.29, 0.717) is 11.6 Å². The molecule has 0 aliphatic rings. The Morgan fingerprint density at radius 3 is 2.42 bits per heavy atom. The number of carbonyl (C=O) groups excluding carboxylic acids is 1. The lowest BCUT2D eigenvalue weighted by Gasteiger charge is -2.13. The van der Waals surface area contributed by atoms with Crippen LogP contribution in [0.3, 0.4) is 0 Å². The molecule has 2 rings (SSSR count). The third-order valence-electron chi connectivity index (χ3n) is 3.53. The molecule has 6 nitrogen and oxygen atoms in total. The maximum absolute atomic E-state index is 12.9. The van der Waals surface area contributed by atoms with Crippen molar-refractivity contribution in [1.29, 1.82) is 0 Å². The van der Waals surface area contributed by atoms with Crippen molar-refractivity contribution in [3.05, 3.63) is 54.0 Å². The monoisotopic (exact) mass is 397 g/mol. The minimum atomic E-state index is -3.53. The lowest BCUT2D eigenvalue weighted by molar-refractivity contribution is -0.120. The van der Waals surface area contributed by atoms with E-state index >= 15 is 0 Å². The number of thioether (sulfide) groups is 1. The van der Waals surface area contributed by atoms with Crippen LogP contribution in [-0.4, -0.2) is 43.0 Å². The lowest BCUT2D eigenvalue weighted by atomic mass is 10.2. The van der Waals surface area contributed by atoms with Crippen LogP contribution in [0.25, 0.3) is 0 Å². The fourth-order valence-electron chi connectivity index (χ4n) is 1.97. The van der Waals surface area contributed by atoms with Gasteiger partial charge in [-0.15, -0.1) is 0 Å². The fraction of sp³-hybridized carbons (Fsp3) is 0.294. The molecular weight excluding hydrogens is 377 g/mol. The van der Waals surface area contributed by atoms with Crippen LogP contribution >= 0.6 is 11.8 Å². The highest BCUT2D eigenvalue weighted by Crippen LogP contribution is 2.23. The minimum absolute atomic E-state index is 0.0975. The topological polar surface area (TPSA) is 79.4 Å². The Hall–Kier alpha value is -1.97. The van der Waals surface area contributed by atoms with E-state index in [-0.39, 0.29) is 16.6 Å². The third-order valence-corrected chi connectivity index (χ3v) is 6.38. The van der Waals surface area contributed by atoms with Crippen molar-refractivity contribution in [3.8, 4) is 0 Å². The molecule has 0 saturated carbocycles. The molecule has 26 heavy (non-hydrogen) atoms. The Bertz CT molecular complexity index is 854. The summed E-state index contributed by atoms with van der Waals surface area (Å²) >= 11 is 1.23. The van der Waals surface area contributed by atoms with Gasteiger partial charge in [-0.2, -0.15) is 0 Å². The van der Waals surface area contributed by atoms with Crippen LogP contribution in [0.4, 0.5) is 4.39 Å². The number of pyridine rings is 1. The Morgan fingerprint density at radius 2 is 1.88 bits per heavy atom. The van der Waals surface area contributed by atoms with Crippen molar-refractivity contribution < 1.29 is 17.6 Å². The zero-order valence-electron chi connectivity index (χ0n) is 14.6. The van der Waals surface area contributed by atoms with Crippen molar-refractivity contribution in [3.63, 3.8) is 0 Å². The summed E-state index contributed by atoms with van der Waals surface area (Å²) in [5, 5.41) is 2.91. The maximum atomic E-state index is 12.9. The molecule has 1 N–H and O–H groups in total. The van der Waals surface area contributed by atoms with Gasteiger partial charge in [-0.05, 0) is 36.8 Å². The van der Waals surface area contributed by atoms with E-state index in [4.69, 9.17) is 0 Å². The standard InChI is InChI=1S/C17H20FN3O3S2/c1-12(17(22)20-10-13-4-6-14(18)7-5-13)25-16-9-8-15(11-19-16)26(23,24)21(2)3/h4-9,11-12H,10H2,1-3H3,(H,20,22). The number of carbonyl (C=O) groups is 1. The number of sulfonamides is 1. The fourth-order valence-corrected chi connectivity index (χ4v) is 3.63. The molecule has 0 fully saturated rings. The number of nitrogens with one attached hydrogen (secondary N) is 1. The van der Waals surface area contributed by atoms with Crippen molar-refractivity contribution >= 4 is 27.7 Å². The maximum Gasteiger partial charge on any atom is 0.244 e. The second kappa shape index (κ2) is 8.61. The molecule has 1 amide bonds. The first-order valence-corrected chi connectivity index (χ1v) is 10.1. The second-order valence-corrected chi connectivity index (χ2v) is 9.24. The smallest absolute Gasteiger partial charge is 0.244 e. The van der Waals surface area contributed by atoms with Crippen LogP contribution < -0.4 is 5.32 Å². The van der Waals surface area contributed by atoms with E-state index < -0.39 is 15.3 Å². The minimum Gasteiger partial charge on any atom is -0.351 e. The zero-order valence-corrected chi connectivity index (χ0v) is 16.3. The van der Waals surface area contributed by atoms with Gasteiger partial charge in [0.05, 0.1) is 10.3 Å². The van der Waals surface area contributed by atoms with Gasteiger partial charge in [0.2, 0.25) is 15.9 Å². The first kappa shape index (κ1) is 20.3. The molecule has 1 aromatic heterocycles. The van der Waals surface area contributed by atoms with Gasteiger partial charge in [0, 0.05) is 26.8 Å². The van der Waals surface area contributed by atoms with E-state index in [1.807, 2.05) is 0 Å². The second-order valence-electron chi connectivity index (χ2n) is 5.72. The summed E-state index contributed by atoms with van der Waals surface area (Å²) in [5.41, 5.74) is 0.799. The summed E-state index contributed by atoms with van der Waals surface area (Å²) < 4.78 is 38.0. The quantitative estimate of drug-likeness (QED) is 0.725. The summed E-state index contributed by atoms with van der Waals surface area (Å²) in [6.45, 7) is 2.04. The van der Waals surface area contributed by atoms with Crippen LogP contribution in [-0.2, 0) is 21.4 Å². The number of halogens is 1. The number of hydrogen-bond donors (Lipinski definition) is 1. The molecular formula is C17H20FN3O3S2. The molecule has 9 heteroatoms. The van der Waals surface area contributed by atoms with Crippen LogP contribution in [0, 0.1) is 5.82 Å². The number of benzene rings is 1. The molecule has 0 bridgehead atoms. The highest BCUT2D eigenvalue weighted by molar-refractivity contribution is 8.00. The molecule has 0 radical (unpaired) electrons. The Balaban J connectivity index is 1.93. The average molecular weight is 397 g/mol. The molecule has 140 valence electrons. The molecule has 0 saturated heterocycles. The summed E-state index contributed by atoms with van der Waals surface area (Å²) in [4.78, 5) is 16.4. The van der Waals surface area contributed by atoms with E-state index in [0.717, 1.165) is 9.87 Å². The van der Waals surface area contributed by atoms with E-state index in [2.05, 4.69) is 10.3 Å². The van der Waals surface area contributed by atoms with Gasteiger partial charge in [0.15, 0.2) is 0 Å². The Morgan fingerprint density at radius 1 is 1.23 bits per heavy atom. The molecule has 2 aromatic rings. The summed E-state index contributed by atoms with van der Waals surface area (Å²) in [6.07, 6.45) is 1.28. The van der Waals surface area contributed by atoms with Crippen molar-refractivity contribution in [2.24, 2.45) is 0 Å². The molecule has 0 aliphatic heterocycles. The predicted octanol–water partition coefficient (Wildman–Crippen LogP) is 2.27. The normalized spacial score (nSPS) is 12.8. The molecule has 0 spiro atoms. The van der Waals surface area contributed by atoms with Gasteiger partial charge in [-0.25, -0.2) is 22.1 Å². The molecule has 0 aliphatic carbocycles. The summed E-state index contributed by atoms with van der Waals surface area (Å²) in [5.74, 6) is -0.513. The molecule has 1 heterocycles. The Kier molecular flexibility index (Phi) is 6.74. The van der Waals surface area contributed by atoms with Crippen LogP contribution in [0.5, 0.6) is 0 Å². The molecule has 1 aromatic carbocycles. The van der Waals surface area contributed by atoms with E-state index in [1.54, 1.807) is 25.1 Å². The van der Waals surface area contributed by atoms with Gasteiger partial charge >= 0.3 is 0 Å². The number of aromatic nitrogens is 1. The van der Waals surface area contributed by atoms with Gasteiger partial charge in [0.1, 0.15) is 10.7 Å². The van der Waals surface area contributed by atoms with Crippen molar-refractivity contribution in [2.75, 3.05) is 14.1 Å². The van der Waals surface area contributed by atoms with E-state index in [1.165, 1.54) is 50.3 Å². The highest BCUT2D eigenvalue weighted by atomic mass is 32.2. The SMILES string of the molecule is CC(Sc1ccc(S(=O)(=O)N(C)C)cn1)C(=O)NCc1ccc(F)cc1. The zero-order chi connectivity index (χ0) is 19.3. The van der Waals surface area contributed by atoms with Gasteiger partial charge < -0.3 is 5.32 Å². The largest absolute Gasteiger partial charge is 0.351 e. The third kappa shape index (κ3) is 5.26. The molecule has 1 unspecified atom stereocenters. The van der Waals surface area contributed by atoms with Crippen LogP contribution in [0.2, 0.25) is 0 Å². The lowest BCUT2D eigenvalue weighted by Crippen LogP contribution is -2.30. The van der Waals surface area contributed by atoms with Gasteiger partial charge in [0.25, 0.3) is 0 Å². The number of rotatable bonds is 7. The van der Waals surface area contributed by atoms with Crippen molar-refractivity contribution in [1.82, 2.24) is 14.6 Å². The number of amides is 1. The van der Waals surface area contributed by atoms with Gasteiger partial charge in [-0.3, -0.25) is 4.79 Å². The summed E-state index contributed by atoms with van der Waals surface area (Å²) in [6, 6.07) is 8.94. The predicted molar refractivity (Wildman–Crippen MR) is 98.7 cm³/mol. The Labute approximate surface area is 156 Å². The first-order valence-electron chi connectivity index (χ1n) is 7.77. The van der Waals surface area contributed by atoms with Crippen molar-refractivity contribution in [2.45, 2.75) is 28.6 Å². The van der Waals surface area contributed by atoms with Gasteiger partial charge in [-0.1, -0.05) is 23.9 Å². The first-order chi connectivity index (χ1) is 12.2. The highest BCUT2D eigenvalue weighted by Gasteiger charge is 2.19.